The second-order valence-corrected chi connectivity index (χ2v) is 8.36. The molecule has 0 heterocycles. The molecule has 0 saturated heterocycles. The highest BCUT2D eigenvalue weighted by molar-refractivity contribution is 7.90. The molecule has 8 heteroatoms. The molecule has 3 N–H and O–H groups in total. The summed E-state index contributed by atoms with van der Waals surface area (Å²) in [5.74, 6) is -1.18. The number of carbonyl (C=O) groups is 2. The Labute approximate surface area is 136 Å². The molecule has 0 aliphatic rings. The first kappa shape index (κ1) is 19.1. The predicted molar refractivity (Wildman–Crippen MR) is 87.0 cm³/mol. The zero-order valence-electron chi connectivity index (χ0n) is 13.8. The molecule has 128 valence electrons. The van der Waals surface area contributed by atoms with Gasteiger partial charge in [-0.05, 0) is 23.6 Å². The Hall–Kier alpha value is -1.93. The molecule has 0 aliphatic heterocycles. The molecule has 0 aromatic heterocycles. The van der Waals surface area contributed by atoms with Gasteiger partial charge in [0.1, 0.15) is 0 Å². The summed E-state index contributed by atoms with van der Waals surface area (Å²) in [5, 5.41) is 2.54. The summed E-state index contributed by atoms with van der Waals surface area (Å²) < 4.78 is 28.1. The van der Waals surface area contributed by atoms with E-state index in [0.717, 1.165) is 6.26 Å². The first-order chi connectivity index (χ1) is 10.4. The lowest BCUT2D eigenvalue weighted by Crippen LogP contribution is -2.45. The minimum Gasteiger partial charge on any atom is -0.465 e. The van der Waals surface area contributed by atoms with Crippen LogP contribution < -0.4 is 11.1 Å². The molecule has 0 bridgehead atoms. The highest BCUT2D eigenvalue weighted by atomic mass is 32.2. The maximum Gasteiger partial charge on any atom is 0.337 e. The van der Waals surface area contributed by atoms with Gasteiger partial charge in [0.15, 0.2) is 9.84 Å². The lowest BCUT2D eigenvalue weighted by atomic mass is 9.87. The van der Waals surface area contributed by atoms with Crippen LogP contribution in [-0.4, -0.2) is 39.7 Å². The van der Waals surface area contributed by atoms with Crippen LogP contribution in [0.15, 0.2) is 23.1 Å². The monoisotopic (exact) mass is 342 g/mol. The van der Waals surface area contributed by atoms with Crippen molar-refractivity contribution in [2.75, 3.05) is 18.7 Å². The van der Waals surface area contributed by atoms with Gasteiger partial charge in [0.25, 0.3) is 0 Å². The SMILES string of the molecule is COC(=O)c1cc(NC(=O)[C@@H](N)C(C)(C)C)cc(S(C)(=O)=O)c1. The van der Waals surface area contributed by atoms with Crippen molar-refractivity contribution in [2.45, 2.75) is 31.7 Å². The number of carbonyl (C=O) groups excluding carboxylic acids is 2. The fourth-order valence-corrected chi connectivity index (χ4v) is 2.42. The number of nitrogens with two attached hydrogens (primary N) is 1. The summed E-state index contributed by atoms with van der Waals surface area (Å²) >= 11 is 0. The minimum atomic E-state index is -3.56. The van der Waals surface area contributed by atoms with Crippen LogP contribution in [0.2, 0.25) is 0 Å². The Bertz CT molecular complexity index is 720. The molecular weight excluding hydrogens is 320 g/mol. The van der Waals surface area contributed by atoms with E-state index in [1.165, 1.54) is 25.3 Å². The molecule has 1 atom stereocenters. The summed E-state index contributed by atoms with van der Waals surface area (Å²) in [4.78, 5) is 23.7. The van der Waals surface area contributed by atoms with Crippen molar-refractivity contribution in [3.63, 3.8) is 0 Å². The van der Waals surface area contributed by atoms with Gasteiger partial charge in [0.05, 0.1) is 23.6 Å². The van der Waals surface area contributed by atoms with Crippen LogP contribution in [0.1, 0.15) is 31.1 Å². The quantitative estimate of drug-likeness (QED) is 0.794. The van der Waals surface area contributed by atoms with Crippen molar-refractivity contribution >= 4 is 27.4 Å². The molecule has 1 aromatic rings. The van der Waals surface area contributed by atoms with Gasteiger partial charge < -0.3 is 15.8 Å². The van der Waals surface area contributed by atoms with Gasteiger partial charge in [0.2, 0.25) is 5.91 Å². The van der Waals surface area contributed by atoms with Crippen LogP contribution in [0.25, 0.3) is 0 Å². The summed E-state index contributed by atoms with van der Waals surface area (Å²) in [5.41, 5.74) is 5.59. The third kappa shape index (κ3) is 5.04. The normalized spacial score (nSPS) is 13.3. The fraction of sp³-hybridized carbons (Fsp3) is 0.467. The van der Waals surface area contributed by atoms with E-state index in [1.807, 2.05) is 20.8 Å². The van der Waals surface area contributed by atoms with Crippen molar-refractivity contribution in [2.24, 2.45) is 11.1 Å². The van der Waals surface area contributed by atoms with E-state index < -0.39 is 33.2 Å². The zero-order valence-corrected chi connectivity index (χ0v) is 14.7. The van der Waals surface area contributed by atoms with Crippen LogP contribution in [0.5, 0.6) is 0 Å². The van der Waals surface area contributed by atoms with Crippen molar-refractivity contribution in [3.05, 3.63) is 23.8 Å². The molecule has 1 amide bonds. The first-order valence-electron chi connectivity index (χ1n) is 6.86. The molecule has 7 nitrogen and oxygen atoms in total. The molecule has 1 aromatic carbocycles. The Morgan fingerprint density at radius 1 is 1.22 bits per heavy atom. The van der Waals surface area contributed by atoms with Gasteiger partial charge in [-0.1, -0.05) is 20.8 Å². The number of sulfone groups is 1. The Morgan fingerprint density at radius 3 is 2.22 bits per heavy atom. The third-order valence-corrected chi connectivity index (χ3v) is 4.33. The van der Waals surface area contributed by atoms with E-state index in [2.05, 4.69) is 10.1 Å². The fourth-order valence-electron chi connectivity index (χ4n) is 1.73. The first-order valence-corrected chi connectivity index (χ1v) is 8.75. The van der Waals surface area contributed by atoms with Gasteiger partial charge in [-0.2, -0.15) is 0 Å². The van der Waals surface area contributed by atoms with Crippen molar-refractivity contribution in [3.8, 4) is 0 Å². The number of amides is 1. The summed E-state index contributed by atoms with van der Waals surface area (Å²) in [7, 11) is -2.38. The highest BCUT2D eigenvalue weighted by Crippen LogP contribution is 2.22. The molecular formula is C15H22N2O5S. The lowest BCUT2D eigenvalue weighted by Gasteiger charge is -2.26. The van der Waals surface area contributed by atoms with E-state index in [1.54, 1.807) is 0 Å². The number of benzene rings is 1. The molecule has 0 spiro atoms. The Morgan fingerprint density at radius 2 is 1.78 bits per heavy atom. The maximum atomic E-state index is 12.2. The second kappa shape index (κ2) is 6.67. The minimum absolute atomic E-state index is 0.0232. The summed E-state index contributed by atoms with van der Waals surface area (Å²) in [6.45, 7) is 5.43. The number of hydrogen-bond acceptors (Lipinski definition) is 6. The molecule has 0 aliphatic carbocycles. The van der Waals surface area contributed by atoms with Gasteiger partial charge in [-0.15, -0.1) is 0 Å². The number of rotatable bonds is 4. The largest absolute Gasteiger partial charge is 0.465 e. The van der Waals surface area contributed by atoms with Gasteiger partial charge in [-0.25, -0.2) is 13.2 Å². The van der Waals surface area contributed by atoms with Gasteiger partial charge >= 0.3 is 5.97 Å². The topological polar surface area (TPSA) is 116 Å². The van der Waals surface area contributed by atoms with E-state index in [-0.39, 0.29) is 16.1 Å². The zero-order chi connectivity index (χ0) is 18.0. The lowest BCUT2D eigenvalue weighted by molar-refractivity contribution is -0.119. The molecule has 1 rings (SSSR count). The number of anilines is 1. The van der Waals surface area contributed by atoms with Crippen LogP contribution in [0, 0.1) is 5.41 Å². The second-order valence-electron chi connectivity index (χ2n) is 6.34. The number of ether oxygens (including phenoxy) is 1. The summed E-state index contributed by atoms with van der Waals surface area (Å²) in [6.07, 6.45) is 1.01. The van der Waals surface area contributed by atoms with Gasteiger partial charge in [-0.3, -0.25) is 4.79 Å². The average molecular weight is 342 g/mol. The van der Waals surface area contributed by atoms with E-state index >= 15 is 0 Å². The van der Waals surface area contributed by atoms with Crippen molar-refractivity contribution in [1.29, 1.82) is 0 Å². The number of methoxy groups -OCH3 is 1. The Kier molecular flexibility index (Phi) is 5.55. The van der Waals surface area contributed by atoms with Crippen LogP contribution >= 0.6 is 0 Å². The molecule has 23 heavy (non-hydrogen) atoms. The smallest absolute Gasteiger partial charge is 0.337 e. The molecule has 0 unspecified atom stereocenters. The van der Waals surface area contributed by atoms with E-state index in [4.69, 9.17) is 5.73 Å². The molecule has 0 radical (unpaired) electrons. The molecule has 0 fully saturated rings. The van der Waals surface area contributed by atoms with Crippen LogP contribution in [0.4, 0.5) is 5.69 Å². The highest BCUT2D eigenvalue weighted by Gasteiger charge is 2.28. The number of hydrogen-bond donors (Lipinski definition) is 2. The van der Waals surface area contributed by atoms with Crippen LogP contribution in [-0.2, 0) is 19.4 Å². The van der Waals surface area contributed by atoms with Gasteiger partial charge in [0, 0.05) is 11.9 Å². The maximum absolute atomic E-state index is 12.2. The Balaban J connectivity index is 3.26. The standard InChI is InChI=1S/C15H22N2O5S/c1-15(2,3)12(16)13(18)17-10-6-9(14(19)22-4)7-11(8-10)23(5,20)21/h6-8,12H,16H2,1-5H3,(H,17,18)/t12-/m1/s1. The number of nitrogens with one attached hydrogen (secondary N) is 1. The molecule has 0 saturated carbocycles. The van der Waals surface area contributed by atoms with E-state index in [9.17, 15) is 18.0 Å². The van der Waals surface area contributed by atoms with Crippen molar-refractivity contribution < 1.29 is 22.7 Å². The number of esters is 1. The van der Waals surface area contributed by atoms with Crippen molar-refractivity contribution in [1.82, 2.24) is 0 Å². The predicted octanol–water partition coefficient (Wildman–Crippen LogP) is 1.19. The third-order valence-electron chi connectivity index (χ3n) is 3.24. The van der Waals surface area contributed by atoms with E-state index in [0.29, 0.717) is 0 Å². The van der Waals surface area contributed by atoms with Crippen LogP contribution in [0.3, 0.4) is 0 Å². The summed E-state index contributed by atoms with van der Waals surface area (Å²) in [6, 6.07) is 3.01. The average Bonchev–Trinajstić information content (AvgIpc) is 2.43.